The van der Waals surface area contributed by atoms with Gasteiger partial charge in [-0.15, -0.1) is 0 Å². The van der Waals surface area contributed by atoms with E-state index >= 15 is 0 Å². The van der Waals surface area contributed by atoms with Crippen molar-refractivity contribution >= 4 is 22.5 Å². The zero-order valence-electron chi connectivity index (χ0n) is 10.1. The van der Waals surface area contributed by atoms with Crippen LogP contribution in [-0.2, 0) is 0 Å². The Morgan fingerprint density at radius 3 is 2.35 bits per heavy atom. The molecular weight excluding hydrogens is 284 g/mol. The Morgan fingerprint density at radius 1 is 0.900 bits per heavy atom. The van der Waals surface area contributed by atoms with Gasteiger partial charge < -0.3 is 4.74 Å². The highest BCUT2D eigenvalue weighted by Crippen LogP contribution is 2.31. The Balaban J connectivity index is 2.10. The van der Waals surface area contributed by atoms with Crippen LogP contribution in [0.4, 0.5) is 8.78 Å². The number of nitrogens with zero attached hydrogens (tertiary/aromatic N) is 1. The maximum absolute atomic E-state index is 13.3. The molecule has 0 saturated heterocycles. The third-order valence-corrected chi connectivity index (χ3v) is 2.94. The molecule has 0 spiro atoms. The highest BCUT2D eigenvalue weighted by atomic mass is 35.5. The topological polar surface area (TPSA) is 22.1 Å². The molecule has 0 bridgehead atoms. The Morgan fingerprint density at radius 2 is 1.60 bits per heavy atom. The summed E-state index contributed by atoms with van der Waals surface area (Å²) in [5.74, 6) is 0.0388. The first-order valence-corrected chi connectivity index (χ1v) is 6.19. The van der Waals surface area contributed by atoms with Gasteiger partial charge in [0.15, 0.2) is 0 Å². The first-order chi connectivity index (χ1) is 9.61. The molecule has 0 N–H and O–H groups in total. The average molecular weight is 292 g/mol. The highest BCUT2D eigenvalue weighted by Gasteiger charge is 2.08. The molecule has 2 aromatic carbocycles. The maximum Gasteiger partial charge on any atom is 0.139 e. The lowest BCUT2D eigenvalue weighted by atomic mass is 10.2. The van der Waals surface area contributed by atoms with Crippen LogP contribution in [0.1, 0.15) is 0 Å². The third kappa shape index (κ3) is 2.56. The van der Waals surface area contributed by atoms with E-state index < -0.39 is 5.82 Å². The van der Waals surface area contributed by atoms with Crippen LogP contribution >= 0.6 is 11.6 Å². The van der Waals surface area contributed by atoms with Gasteiger partial charge in [0.1, 0.15) is 28.3 Å². The zero-order chi connectivity index (χ0) is 14.1. The van der Waals surface area contributed by atoms with E-state index in [0.717, 1.165) is 0 Å². The van der Waals surface area contributed by atoms with Crippen LogP contribution in [0.5, 0.6) is 11.5 Å². The minimum atomic E-state index is -0.398. The summed E-state index contributed by atoms with van der Waals surface area (Å²) in [5.41, 5.74) is 0.524. The van der Waals surface area contributed by atoms with E-state index in [1.165, 1.54) is 48.5 Å². The number of benzene rings is 2. The van der Waals surface area contributed by atoms with Gasteiger partial charge in [0.25, 0.3) is 0 Å². The molecule has 1 aromatic heterocycles. The molecule has 100 valence electrons. The van der Waals surface area contributed by atoms with Crippen LogP contribution < -0.4 is 4.74 Å². The lowest BCUT2D eigenvalue weighted by molar-refractivity contribution is 0.485. The van der Waals surface area contributed by atoms with E-state index in [0.29, 0.717) is 22.4 Å². The molecule has 0 amide bonds. The predicted molar refractivity (Wildman–Crippen MR) is 73.2 cm³/mol. The Kier molecular flexibility index (Phi) is 3.24. The van der Waals surface area contributed by atoms with Gasteiger partial charge in [-0.2, -0.15) is 0 Å². The Bertz CT molecular complexity index is 775. The minimum absolute atomic E-state index is 0.237. The van der Waals surface area contributed by atoms with E-state index in [1.54, 1.807) is 0 Å². The van der Waals surface area contributed by atoms with Crippen molar-refractivity contribution in [2.45, 2.75) is 0 Å². The number of ether oxygens (including phenoxy) is 1. The zero-order valence-corrected chi connectivity index (χ0v) is 10.9. The molecule has 3 rings (SSSR count). The number of halogens is 3. The number of fused-ring (bicyclic) bond motifs is 1. The lowest BCUT2D eigenvalue weighted by Gasteiger charge is -2.09. The van der Waals surface area contributed by atoms with E-state index in [-0.39, 0.29) is 11.0 Å². The predicted octanol–water partition coefficient (Wildman–Crippen LogP) is 4.96. The minimum Gasteiger partial charge on any atom is -0.457 e. The van der Waals surface area contributed by atoms with E-state index in [2.05, 4.69) is 4.98 Å². The second-order valence-electron chi connectivity index (χ2n) is 4.16. The fourth-order valence-corrected chi connectivity index (χ4v) is 2.04. The van der Waals surface area contributed by atoms with E-state index in [4.69, 9.17) is 16.3 Å². The van der Waals surface area contributed by atoms with Gasteiger partial charge in [-0.25, -0.2) is 13.8 Å². The van der Waals surface area contributed by atoms with Gasteiger partial charge >= 0.3 is 0 Å². The van der Waals surface area contributed by atoms with Crippen molar-refractivity contribution in [3.05, 3.63) is 65.3 Å². The van der Waals surface area contributed by atoms with Crippen molar-refractivity contribution in [1.82, 2.24) is 4.98 Å². The molecule has 0 radical (unpaired) electrons. The summed E-state index contributed by atoms with van der Waals surface area (Å²) in [6.07, 6.45) is 0. The van der Waals surface area contributed by atoms with E-state index in [9.17, 15) is 8.78 Å². The normalized spacial score (nSPS) is 10.8. The van der Waals surface area contributed by atoms with Gasteiger partial charge in [0, 0.05) is 11.5 Å². The van der Waals surface area contributed by atoms with Crippen LogP contribution in [0, 0.1) is 11.6 Å². The first-order valence-electron chi connectivity index (χ1n) is 5.81. The van der Waals surface area contributed by atoms with Crippen molar-refractivity contribution in [2.75, 3.05) is 0 Å². The van der Waals surface area contributed by atoms with Gasteiger partial charge in [-0.1, -0.05) is 11.6 Å². The second kappa shape index (κ2) is 5.06. The molecule has 0 aliphatic rings. The fourth-order valence-electron chi connectivity index (χ4n) is 1.85. The number of rotatable bonds is 2. The lowest BCUT2D eigenvalue weighted by Crippen LogP contribution is -1.90. The number of hydrogen-bond donors (Lipinski definition) is 0. The summed E-state index contributed by atoms with van der Waals surface area (Å²) in [7, 11) is 0. The molecule has 20 heavy (non-hydrogen) atoms. The quantitative estimate of drug-likeness (QED) is 0.623. The summed E-state index contributed by atoms with van der Waals surface area (Å²) in [4.78, 5) is 4.09. The Labute approximate surface area is 118 Å². The molecule has 1 heterocycles. The monoisotopic (exact) mass is 291 g/mol. The molecule has 0 aliphatic heterocycles. The molecule has 2 nitrogen and oxygen atoms in total. The summed E-state index contributed by atoms with van der Waals surface area (Å²) < 4.78 is 31.8. The van der Waals surface area contributed by atoms with Crippen LogP contribution in [-0.4, -0.2) is 4.98 Å². The molecule has 5 heteroatoms. The Hall–Kier alpha value is -2.20. The smallest absolute Gasteiger partial charge is 0.139 e. The molecular formula is C15H8ClF2NO. The fraction of sp³-hybridized carbons (Fsp3) is 0. The van der Waals surface area contributed by atoms with Crippen LogP contribution in [0.25, 0.3) is 10.9 Å². The van der Waals surface area contributed by atoms with Gasteiger partial charge in [-0.3, -0.25) is 0 Å². The van der Waals surface area contributed by atoms with Crippen molar-refractivity contribution in [2.24, 2.45) is 0 Å². The molecule has 0 saturated carbocycles. The maximum atomic E-state index is 13.3. The van der Waals surface area contributed by atoms with Gasteiger partial charge in [-0.05, 0) is 42.5 Å². The van der Waals surface area contributed by atoms with Crippen LogP contribution in [0.2, 0.25) is 5.15 Å². The van der Waals surface area contributed by atoms with Gasteiger partial charge in [0.05, 0.1) is 5.52 Å². The number of hydrogen-bond acceptors (Lipinski definition) is 2. The molecule has 0 atom stereocenters. The van der Waals surface area contributed by atoms with Crippen molar-refractivity contribution in [3.8, 4) is 11.5 Å². The summed E-state index contributed by atoms with van der Waals surface area (Å²) in [6.45, 7) is 0. The van der Waals surface area contributed by atoms with Gasteiger partial charge in [0.2, 0.25) is 0 Å². The summed E-state index contributed by atoms with van der Waals surface area (Å²) >= 11 is 5.91. The van der Waals surface area contributed by atoms with Crippen molar-refractivity contribution in [3.63, 3.8) is 0 Å². The van der Waals surface area contributed by atoms with Crippen molar-refractivity contribution in [1.29, 1.82) is 0 Å². The number of aromatic nitrogens is 1. The largest absolute Gasteiger partial charge is 0.457 e. The molecule has 0 fully saturated rings. The van der Waals surface area contributed by atoms with Crippen LogP contribution in [0.3, 0.4) is 0 Å². The summed E-state index contributed by atoms with van der Waals surface area (Å²) in [6, 6.07) is 11.1. The molecule has 0 aliphatic carbocycles. The molecule has 3 aromatic rings. The van der Waals surface area contributed by atoms with Crippen LogP contribution in [0.15, 0.2) is 48.5 Å². The third-order valence-electron chi connectivity index (χ3n) is 2.74. The SMILES string of the molecule is Fc1ccc(Oc2cc(Cl)nc3ccc(F)cc23)cc1. The average Bonchev–Trinajstić information content (AvgIpc) is 2.42. The number of pyridine rings is 1. The van der Waals surface area contributed by atoms with E-state index in [1.807, 2.05) is 0 Å². The second-order valence-corrected chi connectivity index (χ2v) is 4.55. The first kappa shape index (κ1) is 12.8. The summed E-state index contributed by atoms with van der Waals surface area (Å²) in [5, 5.41) is 0.736. The molecule has 0 unspecified atom stereocenters. The van der Waals surface area contributed by atoms with Crippen molar-refractivity contribution < 1.29 is 13.5 Å². The standard InChI is InChI=1S/C15H8ClF2NO/c16-15-8-14(20-11-4-1-9(17)2-5-11)12-7-10(18)3-6-13(12)19-15/h1-8H. The highest BCUT2D eigenvalue weighted by molar-refractivity contribution is 6.30.